The Bertz CT molecular complexity index is 1050. The van der Waals surface area contributed by atoms with Crippen LogP contribution in [0.5, 0.6) is 5.75 Å². The van der Waals surface area contributed by atoms with Crippen molar-refractivity contribution < 1.29 is 17.9 Å². The Kier molecular flexibility index (Phi) is 7.69. The lowest BCUT2D eigenvalue weighted by Crippen LogP contribution is -2.49. The van der Waals surface area contributed by atoms with Crippen LogP contribution in [0.2, 0.25) is 0 Å². The molecule has 1 aliphatic rings. The van der Waals surface area contributed by atoms with E-state index in [1.807, 2.05) is 4.90 Å². The van der Waals surface area contributed by atoms with Gasteiger partial charge in [-0.25, -0.2) is 8.42 Å². The molecule has 1 aliphatic heterocycles. The van der Waals surface area contributed by atoms with Crippen molar-refractivity contribution in [3.63, 3.8) is 0 Å². The van der Waals surface area contributed by atoms with Crippen molar-refractivity contribution >= 4 is 21.6 Å². The van der Waals surface area contributed by atoms with Crippen LogP contribution in [0.3, 0.4) is 0 Å². The van der Waals surface area contributed by atoms with E-state index in [0.717, 1.165) is 26.1 Å². The third-order valence-electron chi connectivity index (χ3n) is 6.01. The lowest BCUT2D eigenvalue weighted by molar-refractivity contribution is 0.0623. The lowest BCUT2D eigenvalue weighted by atomic mass is 9.92. The summed E-state index contributed by atoms with van der Waals surface area (Å²) in [6.07, 6.45) is 1.11. The molecule has 7 nitrogen and oxygen atoms in total. The summed E-state index contributed by atoms with van der Waals surface area (Å²) >= 11 is 0. The van der Waals surface area contributed by atoms with Gasteiger partial charge in [0.2, 0.25) is 0 Å². The Balaban J connectivity index is 1.69. The molecule has 0 atom stereocenters. The summed E-state index contributed by atoms with van der Waals surface area (Å²) in [6, 6.07) is 13.1. The first kappa shape index (κ1) is 25.1. The topological polar surface area (TPSA) is 70.2 Å². The molecule has 0 spiro atoms. The number of rotatable bonds is 7. The van der Waals surface area contributed by atoms with Gasteiger partial charge < -0.3 is 9.64 Å². The first-order valence-electron chi connectivity index (χ1n) is 11.3. The zero-order chi connectivity index (χ0) is 24.2. The maximum absolute atomic E-state index is 13.2. The van der Waals surface area contributed by atoms with Gasteiger partial charge in [-0.2, -0.15) is 0 Å². The Morgan fingerprint density at radius 1 is 1.03 bits per heavy atom. The van der Waals surface area contributed by atoms with E-state index in [0.29, 0.717) is 30.1 Å². The number of sulfonamides is 1. The van der Waals surface area contributed by atoms with E-state index in [-0.39, 0.29) is 16.2 Å². The van der Waals surface area contributed by atoms with Gasteiger partial charge in [0, 0.05) is 38.8 Å². The largest absolute Gasteiger partial charge is 0.497 e. The molecule has 3 rings (SSSR count). The van der Waals surface area contributed by atoms with Gasteiger partial charge >= 0.3 is 0 Å². The van der Waals surface area contributed by atoms with Gasteiger partial charge in [0.25, 0.3) is 15.9 Å². The smallest absolute Gasteiger partial charge is 0.264 e. The average molecular weight is 474 g/mol. The van der Waals surface area contributed by atoms with Gasteiger partial charge in [-0.15, -0.1) is 0 Å². The number of hydrogen-bond acceptors (Lipinski definition) is 5. The minimum absolute atomic E-state index is 0.0930. The van der Waals surface area contributed by atoms with Crippen LogP contribution in [0, 0.1) is 5.41 Å². The second kappa shape index (κ2) is 10.1. The van der Waals surface area contributed by atoms with E-state index in [2.05, 4.69) is 25.7 Å². The van der Waals surface area contributed by atoms with Crippen molar-refractivity contribution in [2.24, 2.45) is 5.41 Å². The zero-order valence-electron chi connectivity index (χ0n) is 20.2. The summed E-state index contributed by atoms with van der Waals surface area (Å²) in [6.45, 7) is 10.7. The molecule has 1 heterocycles. The first-order chi connectivity index (χ1) is 15.5. The number of amides is 1. The highest BCUT2D eigenvalue weighted by atomic mass is 32.2. The van der Waals surface area contributed by atoms with Crippen LogP contribution in [0.1, 0.15) is 37.6 Å². The number of hydrogen-bond donors (Lipinski definition) is 0. The quantitative estimate of drug-likeness (QED) is 0.613. The van der Waals surface area contributed by atoms with Crippen molar-refractivity contribution in [1.29, 1.82) is 0 Å². The predicted molar refractivity (Wildman–Crippen MR) is 131 cm³/mol. The average Bonchev–Trinajstić information content (AvgIpc) is 2.81. The monoisotopic (exact) mass is 473 g/mol. The number of piperazine rings is 1. The Labute approximate surface area is 198 Å². The number of anilines is 1. The molecule has 8 heteroatoms. The molecule has 180 valence electrons. The van der Waals surface area contributed by atoms with E-state index in [9.17, 15) is 13.2 Å². The Morgan fingerprint density at radius 2 is 1.67 bits per heavy atom. The second-order valence-electron chi connectivity index (χ2n) is 9.64. The van der Waals surface area contributed by atoms with Gasteiger partial charge in [0.15, 0.2) is 0 Å². The van der Waals surface area contributed by atoms with Crippen molar-refractivity contribution in [3.05, 3.63) is 54.1 Å². The number of benzene rings is 2. The van der Waals surface area contributed by atoms with Gasteiger partial charge in [0.1, 0.15) is 5.75 Å². The summed E-state index contributed by atoms with van der Waals surface area (Å²) in [4.78, 5) is 17.4. The van der Waals surface area contributed by atoms with Crippen LogP contribution in [0.15, 0.2) is 53.4 Å². The zero-order valence-corrected chi connectivity index (χ0v) is 21.1. The van der Waals surface area contributed by atoms with E-state index in [1.54, 1.807) is 43.5 Å². The fourth-order valence-electron chi connectivity index (χ4n) is 3.73. The third kappa shape index (κ3) is 6.26. The molecule has 0 radical (unpaired) electrons. The number of carbonyl (C=O) groups excluding carboxylic acids is 1. The van der Waals surface area contributed by atoms with Crippen LogP contribution in [-0.4, -0.2) is 71.0 Å². The van der Waals surface area contributed by atoms with Gasteiger partial charge in [-0.05, 0) is 60.8 Å². The SMILES string of the molecule is COc1ccc(N(C)S(=O)(=O)c2cccc(C(=O)N3CCN(CCC(C)(C)C)CC3)c2)cc1. The lowest BCUT2D eigenvalue weighted by Gasteiger charge is -2.36. The highest BCUT2D eigenvalue weighted by Crippen LogP contribution is 2.25. The molecule has 0 bridgehead atoms. The maximum Gasteiger partial charge on any atom is 0.264 e. The number of carbonyl (C=O) groups is 1. The molecule has 1 saturated heterocycles. The van der Waals surface area contributed by atoms with Crippen LogP contribution >= 0.6 is 0 Å². The van der Waals surface area contributed by atoms with Gasteiger partial charge in [-0.3, -0.25) is 14.0 Å². The van der Waals surface area contributed by atoms with Gasteiger partial charge in [0.05, 0.1) is 17.7 Å². The molecule has 1 amide bonds. The molecule has 33 heavy (non-hydrogen) atoms. The van der Waals surface area contributed by atoms with Crippen molar-refractivity contribution in [1.82, 2.24) is 9.80 Å². The van der Waals surface area contributed by atoms with Gasteiger partial charge in [-0.1, -0.05) is 26.8 Å². The molecule has 0 aliphatic carbocycles. The van der Waals surface area contributed by atoms with Crippen molar-refractivity contribution in [2.75, 3.05) is 51.2 Å². The summed E-state index contributed by atoms with van der Waals surface area (Å²) in [7, 11) is -0.753. The molecule has 0 aromatic heterocycles. The van der Waals surface area contributed by atoms with Crippen LogP contribution in [0.4, 0.5) is 5.69 Å². The second-order valence-corrected chi connectivity index (χ2v) is 11.6. The van der Waals surface area contributed by atoms with E-state index in [1.165, 1.54) is 23.5 Å². The molecular weight excluding hydrogens is 438 g/mol. The number of nitrogens with zero attached hydrogens (tertiary/aromatic N) is 3. The highest BCUT2D eigenvalue weighted by Gasteiger charge is 2.26. The summed E-state index contributed by atoms with van der Waals surface area (Å²) in [5.41, 5.74) is 1.19. The Morgan fingerprint density at radius 3 is 2.24 bits per heavy atom. The van der Waals surface area contributed by atoms with Crippen molar-refractivity contribution in [2.45, 2.75) is 32.1 Å². The molecular formula is C25H35N3O4S. The first-order valence-corrected chi connectivity index (χ1v) is 12.7. The Hall–Kier alpha value is -2.58. The predicted octanol–water partition coefficient (Wildman–Crippen LogP) is 3.71. The van der Waals surface area contributed by atoms with E-state index < -0.39 is 10.0 Å². The molecule has 2 aromatic rings. The third-order valence-corrected chi connectivity index (χ3v) is 7.79. The molecule has 0 unspecified atom stereocenters. The van der Waals surface area contributed by atoms with E-state index in [4.69, 9.17) is 4.74 Å². The summed E-state index contributed by atoms with van der Waals surface area (Å²) in [5, 5.41) is 0. The molecule has 0 saturated carbocycles. The molecule has 2 aromatic carbocycles. The molecule has 1 fully saturated rings. The molecule has 0 N–H and O–H groups in total. The fourth-order valence-corrected chi connectivity index (χ4v) is 4.97. The standard InChI is InChI=1S/C25H35N3O4S/c1-25(2,3)13-14-27-15-17-28(18-16-27)24(29)20-7-6-8-23(19-20)33(30,31)26(4)21-9-11-22(32-5)12-10-21/h6-12,19H,13-18H2,1-5H3. The number of methoxy groups -OCH3 is 1. The van der Waals surface area contributed by atoms with Crippen LogP contribution in [-0.2, 0) is 10.0 Å². The van der Waals surface area contributed by atoms with Crippen molar-refractivity contribution in [3.8, 4) is 5.75 Å². The summed E-state index contributed by atoms with van der Waals surface area (Å²) < 4.78 is 32.7. The minimum atomic E-state index is -3.81. The highest BCUT2D eigenvalue weighted by molar-refractivity contribution is 7.92. The van der Waals surface area contributed by atoms with Crippen LogP contribution in [0.25, 0.3) is 0 Å². The number of ether oxygens (including phenoxy) is 1. The minimum Gasteiger partial charge on any atom is -0.497 e. The maximum atomic E-state index is 13.2. The summed E-state index contributed by atoms with van der Waals surface area (Å²) in [5.74, 6) is 0.519. The fraction of sp³-hybridized carbons (Fsp3) is 0.480. The normalized spacial score (nSPS) is 15.4. The van der Waals surface area contributed by atoms with Crippen LogP contribution < -0.4 is 9.04 Å². The van der Waals surface area contributed by atoms with E-state index >= 15 is 0 Å².